The topological polar surface area (TPSA) is 41.5 Å². The quantitative estimate of drug-likeness (QED) is 0.819. The summed E-state index contributed by atoms with van der Waals surface area (Å²) in [5.74, 6) is 1.68. The van der Waals surface area contributed by atoms with Crippen LogP contribution in [0, 0.1) is 0 Å². The molecule has 0 aliphatic heterocycles. The number of rotatable bonds is 7. The molecule has 0 radical (unpaired) electrons. The molecular weight excluding hydrogens is 262 g/mol. The lowest BCUT2D eigenvalue weighted by Crippen LogP contribution is -2.15. The fraction of sp³-hybridized carbons (Fsp3) is 0.333. The molecule has 21 heavy (non-hydrogen) atoms. The summed E-state index contributed by atoms with van der Waals surface area (Å²) in [5.41, 5.74) is 2.36. The maximum atomic E-state index is 8.91. The van der Waals surface area contributed by atoms with Crippen molar-refractivity contribution in [1.82, 2.24) is 5.32 Å². The van der Waals surface area contributed by atoms with Crippen molar-refractivity contribution in [1.29, 1.82) is 0 Å². The standard InChI is InChI=1S/C18H21NO2/c20-11-10-14-4-8-17(9-5-14)21-18-3-1-2-15(12-18)13-19-16-6-7-16/h1-5,8-9,12,16,19-20H,6-7,10-11,13H2. The van der Waals surface area contributed by atoms with Gasteiger partial charge in [0.25, 0.3) is 0 Å². The Morgan fingerprint density at radius 2 is 1.81 bits per heavy atom. The molecule has 0 unspecified atom stereocenters. The van der Waals surface area contributed by atoms with Gasteiger partial charge in [-0.25, -0.2) is 0 Å². The predicted octanol–water partition coefficient (Wildman–Crippen LogP) is 3.27. The lowest BCUT2D eigenvalue weighted by molar-refractivity contribution is 0.299. The first-order valence-corrected chi connectivity index (χ1v) is 7.53. The Morgan fingerprint density at radius 3 is 2.52 bits per heavy atom. The fourth-order valence-electron chi connectivity index (χ4n) is 2.26. The van der Waals surface area contributed by atoms with Crippen LogP contribution in [0.15, 0.2) is 48.5 Å². The van der Waals surface area contributed by atoms with E-state index in [1.807, 2.05) is 36.4 Å². The van der Waals surface area contributed by atoms with Crippen molar-refractivity contribution < 1.29 is 9.84 Å². The van der Waals surface area contributed by atoms with Crippen LogP contribution in [-0.2, 0) is 13.0 Å². The number of aliphatic hydroxyl groups is 1. The Balaban J connectivity index is 1.61. The van der Waals surface area contributed by atoms with Gasteiger partial charge in [0.15, 0.2) is 0 Å². The summed E-state index contributed by atoms with van der Waals surface area (Å²) in [6.45, 7) is 1.08. The minimum absolute atomic E-state index is 0.177. The zero-order valence-corrected chi connectivity index (χ0v) is 12.1. The van der Waals surface area contributed by atoms with Gasteiger partial charge in [0, 0.05) is 19.2 Å². The van der Waals surface area contributed by atoms with Crippen LogP contribution in [0.1, 0.15) is 24.0 Å². The van der Waals surface area contributed by atoms with Crippen molar-refractivity contribution in [2.24, 2.45) is 0 Å². The molecule has 3 nitrogen and oxygen atoms in total. The van der Waals surface area contributed by atoms with Gasteiger partial charge in [0.1, 0.15) is 11.5 Å². The Labute approximate surface area is 125 Å². The van der Waals surface area contributed by atoms with Gasteiger partial charge < -0.3 is 15.2 Å². The zero-order chi connectivity index (χ0) is 14.5. The van der Waals surface area contributed by atoms with E-state index in [2.05, 4.69) is 17.4 Å². The van der Waals surface area contributed by atoms with Crippen LogP contribution in [0.3, 0.4) is 0 Å². The Kier molecular flexibility index (Phi) is 4.53. The lowest BCUT2D eigenvalue weighted by atomic mass is 10.1. The van der Waals surface area contributed by atoms with E-state index in [4.69, 9.17) is 9.84 Å². The molecule has 1 aliphatic carbocycles. The van der Waals surface area contributed by atoms with E-state index in [0.29, 0.717) is 12.5 Å². The van der Waals surface area contributed by atoms with E-state index >= 15 is 0 Å². The molecule has 2 aromatic rings. The van der Waals surface area contributed by atoms with Crippen LogP contribution in [-0.4, -0.2) is 17.8 Å². The SMILES string of the molecule is OCCc1ccc(Oc2cccc(CNC3CC3)c2)cc1. The number of hydrogen-bond donors (Lipinski definition) is 2. The van der Waals surface area contributed by atoms with Crippen molar-refractivity contribution in [2.75, 3.05) is 6.61 Å². The molecule has 2 N–H and O–H groups in total. The van der Waals surface area contributed by atoms with E-state index in [9.17, 15) is 0 Å². The number of benzene rings is 2. The summed E-state index contributed by atoms with van der Waals surface area (Å²) in [7, 11) is 0. The van der Waals surface area contributed by atoms with Crippen LogP contribution in [0.4, 0.5) is 0 Å². The van der Waals surface area contributed by atoms with E-state index in [0.717, 1.165) is 23.6 Å². The summed E-state index contributed by atoms with van der Waals surface area (Å²) in [5, 5.41) is 12.4. The first-order chi connectivity index (χ1) is 10.3. The van der Waals surface area contributed by atoms with E-state index in [-0.39, 0.29) is 6.61 Å². The minimum Gasteiger partial charge on any atom is -0.457 e. The van der Waals surface area contributed by atoms with E-state index in [1.54, 1.807) is 0 Å². The molecule has 0 aromatic heterocycles. The second-order valence-corrected chi connectivity index (χ2v) is 5.52. The molecule has 3 heteroatoms. The number of ether oxygens (including phenoxy) is 1. The van der Waals surface area contributed by atoms with Crippen LogP contribution in [0.5, 0.6) is 11.5 Å². The Hall–Kier alpha value is -1.84. The highest BCUT2D eigenvalue weighted by molar-refractivity contribution is 5.35. The second kappa shape index (κ2) is 6.74. The number of aliphatic hydroxyl groups excluding tert-OH is 1. The normalized spacial score (nSPS) is 14.1. The Bertz CT molecular complexity index is 576. The van der Waals surface area contributed by atoms with E-state index in [1.165, 1.54) is 18.4 Å². The van der Waals surface area contributed by atoms with Crippen LogP contribution in [0.25, 0.3) is 0 Å². The van der Waals surface area contributed by atoms with Gasteiger partial charge in [-0.15, -0.1) is 0 Å². The Morgan fingerprint density at radius 1 is 1.00 bits per heavy atom. The number of hydrogen-bond acceptors (Lipinski definition) is 3. The summed E-state index contributed by atoms with van der Waals surface area (Å²) in [6.07, 6.45) is 3.29. The highest BCUT2D eigenvalue weighted by atomic mass is 16.5. The maximum Gasteiger partial charge on any atom is 0.127 e. The molecule has 3 rings (SSSR count). The summed E-state index contributed by atoms with van der Waals surface area (Å²) in [6, 6.07) is 16.8. The predicted molar refractivity (Wildman–Crippen MR) is 83.6 cm³/mol. The van der Waals surface area contributed by atoms with Crippen LogP contribution >= 0.6 is 0 Å². The van der Waals surface area contributed by atoms with Crippen molar-refractivity contribution >= 4 is 0 Å². The molecule has 0 spiro atoms. The molecule has 110 valence electrons. The first-order valence-electron chi connectivity index (χ1n) is 7.53. The summed E-state index contributed by atoms with van der Waals surface area (Å²) >= 11 is 0. The third-order valence-electron chi connectivity index (χ3n) is 3.63. The highest BCUT2D eigenvalue weighted by Gasteiger charge is 2.19. The molecule has 0 heterocycles. The average Bonchev–Trinajstić information content (AvgIpc) is 3.32. The van der Waals surface area contributed by atoms with Gasteiger partial charge in [0.2, 0.25) is 0 Å². The van der Waals surface area contributed by atoms with Gasteiger partial charge in [0.05, 0.1) is 0 Å². The lowest BCUT2D eigenvalue weighted by Gasteiger charge is -2.09. The maximum absolute atomic E-state index is 8.91. The minimum atomic E-state index is 0.177. The largest absolute Gasteiger partial charge is 0.457 e. The fourth-order valence-corrected chi connectivity index (χ4v) is 2.26. The van der Waals surface area contributed by atoms with Crippen molar-refractivity contribution in [3.05, 3.63) is 59.7 Å². The first kappa shape index (κ1) is 14.1. The summed E-state index contributed by atoms with van der Waals surface area (Å²) in [4.78, 5) is 0. The molecule has 0 atom stereocenters. The third-order valence-corrected chi connectivity index (χ3v) is 3.63. The number of nitrogens with one attached hydrogen (secondary N) is 1. The van der Waals surface area contributed by atoms with Crippen LogP contribution < -0.4 is 10.1 Å². The summed E-state index contributed by atoms with van der Waals surface area (Å²) < 4.78 is 5.88. The van der Waals surface area contributed by atoms with Gasteiger partial charge >= 0.3 is 0 Å². The smallest absolute Gasteiger partial charge is 0.127 e. The van der Waals surface area contributed by atoms with Crippen molar-refractivity contribution in [3.63, 3.8) is 0 Å². The highest BCUT2D eigenvalue weighted by Crippen LogP contribution is 2.24. The molecule has 1 saturated carbocycles. The zero-order valence-electron chi connectivity index (χ0n) is 12.1. The molecular formula is C18H21NO2. The molecule has 2 aromatic carbocycles. The molecule has 1 aliphatic rings. The molecule has 0 bridgehead atoms. The van der Waals surface area contributed by atoms with Gasteiger partial charge in [-0.3, -0.25) is 0 Å². The van der Waals surface area contributed by atoms with E-state index < -0.39 is 0 Å². The monoisotopic (exact) mass is 283 g/mol. The average molecular weight is 283 g/mol. The molecule has 1 fully saturated rings. The molecule has 0 saturated heterocycles. The third kappa shape index (κ3) is 4.31. The van der Waals surface area contributed by atoms with Crippen LogP contribution in [0.2, 0.25) is 0 Å². The molecule has 0 amide bonds. The van der Waals surface area contributed by atoms with Crippen molar-refractivity contribution in [3.8, 4) is 11.5 Å². The van der Waals surface area contributed by atoms with Crippen molar-refractivity contribution in [2.45, 2.75) is 31.8 Å². The van der Waals surface area contributed by atoms with Gasteiger partial charge in [-0.05, 0) is 54.7 Å². The van der Waals surface area contributed by atoms with Gasteiger partial charge in [-0.1, -0.05) is 24.3 Å². The second-order valence-electron chi connectivity index (χ2n) is 5.52. The van der Waals surface area contributed by atoms with Gasteiger partial charge in [-0.2, -0.15) is 0 Å².